The average molecular weight is 267 g/mol. The number of hydrogen-bond acceptors (Lipinski definition) is 4. The summed E-state index contributed by atoms with van der Waals surface area (Å²) in [6.45, 7) is 11.2. The predicted octanol–water partition coefficient (Wildman–Crippen LogP) is 2.84. The topological polar surface area (TPSA) is 28.2 Å². The molecule has 1 aromatic rings. The Bertz CT molecular complexity index is 356. The molecule has 2 heterocycles. The molecule has 2 rings (SSSR count). The van der Waals surface area contributed by atoms with Gasteiger partial charge in [-0.3, -0.25) is 4.90 Å². The highest BCUT2D eigenvalue weighted by Crippen LogP contribution is 2.21. The third-order valence-electron chi connectivity index (χ3n) is 3.66. The van der Waals surface area contributed by atoms with Crippen molar-refractivity contribution >= 4 is 11.3 Å². The summed E-state index contributed by atoms with van der Waals surface area (Å²) in [4.78, 5) is 7.34. The monoisotopic (exact) mass is 267 g/mol. The van der Waals surface area contributed by atoms with Crippen LogP contribution in [0.1, 0.15) is 50.2 Å². The quantitative estimate of drug-likeness (QED) is 0.889. The van der Waals surface area contributed by atoms with Crippen LogP contribution in [0, 0.1) is 0 Å². The first-order chi connectivity index (χ1) is 8.70. The molecule has 0 amide bonds. The van der Waals surface area contributed by atoms with Gasteiger partial charge in [0, 0.05) is 23.9 Å². The largest absolute Gasteiger partial charge is 0.317 e. The van der Waals surface area contributed by atoms with Crippen LogP contribution in [0.4, 0.5) is 0 Å². The lowest BCUT2D eigenvalue weighted by Gasteiger charge is -2.33. The third kappa shape index (κ3) is 3.53. The lowest BCUT2D eigenvalue weighted by atomic mass is 10.0. The van der Waals surface area contributed by atoms with Gasteiger partial charge in [-0.05, 0) is 32.5 Å². The number of nitrogens with one attached hydrogen (secondary N) is 1. The maximum absolute atomic E-state index is 4.75. The third-order valence-corrected chi connectivity index (χ3v) is 4.85. The summed E-state index contributed by atoms with van der Waals surface area (Å²) in [6.07, 6.45) is 2.55. The maximum atomic E-state index is 4.75. The molecule has 0 saturated carbocycles. The van der Waals surface area contributed by atoms with Crippen LogP contribution in [0.25, 0.3) is 0 Å². The van der Waals surface area contributed by atoms with Gasteiger partial charge in [0.25, 0.3) is 0 Å². The molecule has 1 fully saturated rings. The lowest BCUT2D eigenvalue weighted by Crippen LogP contribution is -2.42. The van der Waals surface area contributed by atoms with E-state index in [0.717, 1.165) is 32.2 Å². The van der Waals surface area contributed by atoms with Crippen molar-refractivity contribution in [2.75, 3.05) is 19.6 Å². The second kappa shape index (κ2) is 6.64. The average Bonchev–Trinajstić information content (AvgIpc) is 2.86. The molecule has 1 aliphatic heterocycles. The van der Waals surface area contributed by atoms with Crippen molar-refractivity contribution in [2.45, 2.75) is 52.1 Å². The molecule has 3 nitrogen and oxygen atoms in total. The molecule has 1 aliphatic rings. The number of nitrogens with zero attached hydrogens (tertiary/aromatic N) is 2. The van der Waals surface area contributed by atoms with Crippen molar-refractivity contribution in [1.29, 1.82) is 0 Å². The van der Waals surface area contributed by atoms with Crippen LogP contribution in [-0.4, -0.2) is 35.6 Å². The van der Waals surface area contributed by atoms with E-state index < -0.39 is 0 Å². The SMILES string of the molecule is CCN(Cc1csc(C(C)C)n1)C1CCNCC1. The summed E-state index contributed by atoms with van der Waals surface area (Å²) in [6, 6.07) is 0.737. The fraction of sp³-hybridized carbons (Fsp3) is 0.786. The van der Waals surface area contributed by atoms with Crippen LogP contribution in [-0.2, 0) is 6.54 Å². The van der Waals surface area contributed by atoms with Gasteiger partial charge < -0.3 is 5.32 Å². The first kappa shape index (κ1) is 14.0. The summed E-state index contributed by atoms with van der Waals surface area (Å²) in [5.74, 6) is 0.553. The molecule has 0 bridgehead atoms. The Hall–Kier alpha value is -0.450. The van der Waals surface area contributed by atoms with Crippen molar-refractivity contribution in [3.05, 3.63) is 16.1 Å². The first-order valence-electron chi connectivity index (χ1n) is 7.09. The molecule has 0 spiro atoms. The number of rotatable bonds is 5. The van der Waals surface area contributed by atoms with Crippen molar-refractivity contribution in [3.63, 3.8) is 0 Å². The van der Waals surface area contributed by atoms with Crippen LogP contribution in [0.5, 0.6) is 0 Å². The summed E-state index contributed by atoms with van der Waals surface area (Å²) >= 11 is 1.81. The van der Waals surface area contributed by atoms with Crippen molar-refractivity contribution < 1.29 is 0 Å². The minimum atomic E-state index is 0.553. The van der Waals surface area contributed by atoms with Crippen molar-refractivity contribution in [2.24, 2.45) is 0 Å². The predicted molar refractivity (Wildman–Crippen MR) is 78.2 cm³/mol. The number of thiazole rings is 1. The number of aromatic nitrogens is 1. The second-order valence-electron chi connectivity index (χ2n) is 5.38. The molecule has 1 N–H and O–H groups in total. The minimum absolute atomic E-state index is 0.553. The number of piperidine rings is 1. The molecular formula is C14H25N3S. The van der Waals surface area contributed by atoms with Crippen LogP contribution in [0.2, 0.25) is 0 Å². The highest BCUT2D eigenvalue weighted by atomic mass is 32.1. The van der Waals surface area contributed by atoms with Crippen LogP contribution in [0.3, 0.4) is 0 Å². The fourth-order valence-electron chi connectivity index (χ4n) is 2.54. The molecule has 0 atom stereocenters. The van der Waals surface area contributed by atoms with E-state index in [0.29, 0.717) is 5.92 Å². The van der Waals surface area contributed by atoms with E-state index >= 15 is 0 Å². The minimum Gasteiger partial charge on any atom is -0.317 e. The Morgan fingerprint density at radius 1 is 1.44 bits per heavy atom. The first-order valence-corrected chi connectivity index (χ1v) is 7.97. The van der Waals surface area contributed by atoms with Gasteiger partial charge in [-0.25, -0.2) is 4.98 Å². The lowest BCUT2D eigenvalue weighted by molar-refractivity contribution is 0.160. The summed E-state index contributed by atoms with van der Waals surface area (Å²) < 4.78 is 0. The van der Waals surface area contributed by atoms with E-state index in [9.17, 15) is 0 Å². The van der Waals surface area contributed by atoms with Gasteiger partial charge in [-0.2, -0.15) is 0 Å². The maximum Gasteiger partial charge on any atom is 0.0954 e. The summed E-state index contributed by atoms with van der Waals surface area (Å²) in [5, 5.41) is 6.94. The normalized spacial score (nSPS) is 17.8. The Morgan fingerprint density at radius 3 is 2.72 bits per heavy atom. The molecule has 4 heteroatoms. The van der Waals surface area contributed by atoms with Gasteiger partial charge in [0.05, 0.1) is 10.7 Å². The summed E-state index contributed by atoms with van der Waals surface area (Å²) in [5.41, 5.74) is 1.25. The standard InChI is InChI=1S/C14H25N3S/c1-4-17(13-5-7-15-8-6-13)9-12-10-18-14(16-12)11(2)3/h10-11,13,15H,4-9H2,1-3H3. The Kier molecular flexibility index (Phi) is 5.15. The zero-order chi connectivity index (χ0) is 13.0. The zero-order valence-electron chi connectivity index (χ0n) is 11.8. The smallest absolute Gasteiger partial charge is 0.0954 e. The molecule has 18 heavy (non-hydrogen) atoms. The van der Waals surface area contributed by atoms with E-state index in [1.165, 1.54) is 23.5 Å². The van der Waals surface area contributed by atoms with Gasteiger partial charge in [0.2, 0.25) is 0 Å². The van der Waals surface area contributed by atoms with E-state index in [4.69, 9.17) is 4.98 Å². The van der Waals surface area contributed by atoms with E-state index in [1.807, 2.05) is 0 Å². The molecule has 0 radical (unpaired) electrons. The van der Waals surface area contributed by atoms with Gasteiger partial charge in [0.1, 0.15) is 0 Å². The van der Waals surface area contributed by atoms with Gasteiger partial charge in [-0.1, -0.05) is 20.8 Å². The molecule has 0 aromatic carbocycles. The molecule has 0 unspecified atom stereocenters. The molecule has 0 aliphatic carbocycles. The van der Waals surface area contributed by atoms with Crippen molar-refractivity contribution in [3.8, 4) is 0 Å². The van der Waals surface area contributed by atoms with Gasteiger partial charge in [-0.15, -0.1) is 11.3 Å². The van der Waals surface area contributed by atoms with Gasteiger partial charge in [0.15, 0.2) is 0 Å². The van der Waals surface area contributed by atoms with Crippen molar-refractivity contribution in [1.82, 2.24) is 15.2 Å². The second-order valence-corrected chi connectivity index (χ2v) is 6.27. The van der Waals surface area contributed by atoms with Crippen LogP contribution >= 0.6 is 11.3 Å². The Labute approximate surface area is 115 Å². The van der Waals surface area contributed by atoms with E-state index in [-0.39, 0.29) is 0 Å². The van der Waals surface area contributed by atoms with Crippen LogP contribution in [0.15, 0.2) is 5.38 Å². The highest BCUT2D eigenvalue weighted by Gasteiger charge is 2.20. The van der Waals surface area contributed by atoms with E-state index in [1.54, 1.807) is 11.3 Å². The molecule has 1 aromatic heterocycles. The number of hydrogen-bond donors (Lipinski definition) is 1. The zero-order valence-corrected chi connectivity index (χ0v) is 12.6. The molecule has 1 saturated heterocycles. The molecule has 102 valence electrons. The van der Waals surface area contributed by atoms with Crippen LogP contribution < -0.4 is 5.32 Å². The highest BCUT2D eigenvalue weighted by molar-refractivity contribution is 7.09. The van der Waals surface area contributed by atoms with Gasteiger partial charge >= 0.3 is 0 Å². The summed E-state index contributed by atoms with van der Waals surface area (Å²) in [7, 11) is 0. The molecular weight excluding hydrogens is 242 g/mol. The fourth-order valence-corrected chi connectivity index (χ4v) is 3.37. The van der Waals surface area contributed by atoms with E-state index in [2.05, 4.69) is 36.4 Å². The Morgan fingerprint density at radius 2 is 2.17 bits per heavy atom. The Balaban J connectivity index is 1.95.